The van der Waals surface area contributed by atoms with Crippen molar-refractivity contribution in [3.05, 3.63) is 27.8 Å². The van der Waals surface area contributed by atoms with Crippen LogP contribution in [0.2, 0.25) is 5.02 Å². The number of phenolic OH excluding ortho intramolecular Hbond substituents is 1. The number of carbonyl (C=O) groups excluding carboxylic acids is 1. The van der Waals surface area contributed by atoms with Gasteiger partial charge in [-0.25, -0.2) is 0 Å². The van der Waals surface area contributed by atoms with Gasteiger partial charge in [0.2, 0.25) is 0 Å². The predicted molar refractivity (Wildman–Crippen MR) is 63.9 cm³/mol. The molecule has 0 aromatic heterocycles. The fourth-order valence-electron chi connectivity index (χ4n) is 1.13. The molecule has 84 valence electrons. The molecule has 1 N–H and O–H groups in total. The van der Waals surface area contributed by atoms with Gasteiger partial charge in [-0.2, -0.15) is 0 Å². The van der Waals surface area contributed by atoms with Crippen molar-refractivity contribution >= 4 is 17.4 Å². The average molecular weight is 229 g/mol. The summed E-state index contributed by atoms with van der Waals surface area (Å²) in [5.74, 6) is -0.142. The Balaban J connectivity index is 0.000000921. The number of hydrogen-bond acceptors (Lipinski definition) is 2. The Bertz CT molecular complexity index is 370. The summed E-state index contributed by atoms with van der Waals surface area (Å²) >= 11 is 5.87. The highest BCUT2D eigenvalue weighted by molar-refractivity contribution is 6.32. The fraction of sp³-hybridized carbons (Fsp3) is 0.417. The van der Waals surface area contributed by atoms with Crippen molar-refractivity contribution in [1.29, 1.82) is 0 Å². The van der Waals surface area contributed by atoms with Crippen molar-refractivity contribution in [3.63, 3.8) is 0 Å². The van der Waals surface area contributed by atoms with E-state index >= 15 is 0 Å². The first-order valence-corrected chi connectivity index (χ1v) is 5.32. The molecule has 0 atom stereocenters. The van der Waals surface area contributed by atoms with Gasteiger partial charge in [0.05, 0.1) is 5.56 Å². The van der Waals surface area contributed by atoms with Gasteiger partial charge < -0.3 is 5.11 Å². The fourth-order valence-corrected chi connectivity index (χ4v) is 1.38. The monoisotopic (exact) mass is 228 g/mol. The van der Waals surface area contributed by atoms with Crippen LogP contribution in [0.3, 0.4) is 0 Å². The van der Waals surface area contributed by atoms with Crippen LogP contribution in [0.5, 0.6) is 5.75 Å². The second-order valence-corrected chi connectivity index (χ2v) is 3.47. The molecule has 0 saturated heterocycles. The van der Waals surface area contributed by atoms with Gasteiger partial charge in [-0.1, -0.05) is 25.4 Å². The molecule has 0 saturated carbocycles. The molecule has 0 heterocycles. The minimum Gasteiger partial charge on any atom is -0.507 e. The number of carbonyl (C=O) groups is 1. The third-order valence-corrected chi connectivity index (χ3v) is 2.57. The maximum Gasteiger partial charge on any atom is 0.163 e. The number of aromatic hydroxyl groups is 1. The second kappa shape index (κ2) is 5.76. The molecule has 1 aromatic rings. The van der Waals surface area contributed by atoms with E-state index in [2.05, 4.69) is 0 Å². The molecule has 2 nitrogen and oxygen atoms in total. The van der Waals surface area contributed by atoms with Crippen LogP contribution in [0.15, 0.2) is 6.07 Å². The van der Waals surface area contributed by atoms with Gasteiger partial charge in [-0.3, -0.25) is 4.79 Å². The third kappa shape index (κ3) is 2.96. The van der Waals surface area contributed by atoms with E-state index in [9.17, 15) is 9.90 Å². The number of benzene rings is 1. The van der Waals surface area contributed by atoms with Crippen LogP contribution in [0.4, 0.5) is 0 Å². The van der Waals surface area contributed by atoms with Crippen LogP contribution in [0.25, 0.3) is 0 Å². The number of phenols is 1. The first-order valence-electron chi connectivity index (χ1n) is 4.94. The van der Waals surface area contributed by atoms with E-state index in [4.69, 9.17) is 11.6 Å². The van der Waals surface area contributed by atoms with Gasteiger partial charge in [-0.05, 0) is 38.0 Å². The van der Waals surface area contributed by atoms with E-state index in [1.54, 1.807) is 13.8 Å². The zero-order valence-corrected chi connectivity index (χ0v) is 10.6. The highest BCUT2D eigenvalue weighted by atomic mass is 35.5. The number of Topliss-reactive ketones (excluding diaryl/α,β-unsaturated/α-hetero) is 1. The lowest BCUT2D eigenvalue weighted by atomic mass is 10.0. The molecule has 0 aliphatic heterocycles. The normalized spacial score (nSPS) is 9.20. The summed E-state index contributed by atoms with van der Waals surface area (Å²) in [6.07, 6.45) is 0. The minimum atomic E-state index is -0.178. The molecule has 3 heteroatoms. The van der Waals surface area contributed by atoms with Crippen molar-refractivity contribution in [2.24, 2.45) is 0 Å². The smallest absolute Gasteiger partial charge is 0.163 e. The topological polar surface area (TPSA) is 37.3 Å². The Morgan fingerprint density at radius 3 is 2.13 bits per heavy atom. The zero-order chi connectivity index (χ0) is 12.2. The second-order valence-electron chi connectivity index (χ2n) is 3.06. The lowest BCUT2D eigenvalue weighted by Crippen LogP contribution is -1.96. The van der Waals surface area contributed by atoms with E-state index < -0.39 is 0 Å². The summed E-state index contributed by atoms with van der Waals surface area (Å²) in [6.45, 7) is 8.95. The molecule has 0 spiro atoms. The highest BCUT2D eigenvalue weighted by Crippen LogP contribution is 2.30. The number of rotatable bonds is 1. The minimum absolute atomic E-state index is 0.0365. The van der Waals surface area contributed by atoms with E-state index in [1.807, 2.05) is 13.8 Å². The molecule has 1 rings (SSSR count). The SMILES string of the molecule is CC.CC(=O)c1cc(Cl)c(C)c(C)c1O. The number of ketones is 1. The van der Waals surface area contributed by atoms with E-state index in [1.165, 1.54) is 13.0 Å². The van der Waals surface area contributed by atoms with Crippen LogP contribution in [0, 0.1) is 13.8 Å². The Labute approximate surface area is 95.9 Å². The van der Waals surface area contributed by atoms with Gasteiger partial charge in [0.1, 0.15) is 5.75 Å². The summed E-state index contributed by atoms with van der Waals surface area (Å²) in [7, 11) is 0. The van der Waals surface area contributed by atoms with Crippen molar-refractivity contribution < 1.29 is 9.90 Å². The highest BCUT2D eigenvalue weighted by Gasteiger charge is 2.13. The molecule has 0 fully saturated rings. The number of halogens is 1. The van der Waals surface area contributed by atoms with Gasteiger partial charge >= 0.3 is 0 Å². The summed E-state index contributed by atoms with van der Waals surface area (Å²) in [4.78, 5) is 11.1. The maximum atomic E-state index is 11.1. The summed E-state index contributed by atoms with van der Waals surface area (Å²) in [5, 5.41) is 10.1. The summed E-state index contributed by atoms with van der Waals surface area (Å²) in [5.41, 5.74) is 1.76. The Morgan fingerprint density at radius 1 is 1.27 bits per heavy atom. The molecule has 0 aliphatic carbocycles. The Kier molecular flexibility index (Phi) is 5.37. The lowest BCUT2D eigenvalue weighted by Gasteiger charge is -2.08. The van der Waals surface area contributed by atoms with Crippen LogP contribution in [-0.2, 0) is 0 Å². The van der Waals surface area contributed by atoms with Crippen LogP contribution in [0.1, 0.15) is 42.3 Å². The lowest BCUT2D eigenvalue weighted by molar-refractivity contribution is 0.101. The molecule has 0 unspecified atom stereocenters. The van der Waals surface area contributed by atoms with Crippen molar-refractivity contribution in [3.8, 4) is 5.75 Å². The first-order chi connectivity index (χ1) is 6.95. The molecule has 0 bridgehead atoms. The summed E-state index contributed by atoms with van der Waals surface area (Å²) in [6, 6.07) is 1.50. The Morgan fingerprint density at radius 2 is 1.73 bits per heavy atom. The molecular formula is C12H17ClO2. The zero-order valence-electron chi connectivity index (χ0n) is 9.81. The van der Waals surface area contributed by atoms with E-state index in [0.29, 0.717) is 10.6 Å². The van der Waals surface area contributed by atoms with Crippen molar-refractivity contribution in [1.82, 2.24) is 0 Å². The molecule has 0 radical (unpaired) electrons. The van der Waals surface area contributed by atoms with Gasteiger partial charge in [-0.15, -0.1) is 0 Å². The number of hydrogen-bond donors (Lipinski definition) is 1. The predicted octanol–water partition coefficient (Wildman–Crippen LogP) is 3.89. The van der Waals surface area contributed by atoms with Gasteiger partial charge in [0.15, 0.2) is 5.78 Å². The van der Waals surface area contributed by atoms with Gasteiger partial charge in [0.25, 0.3) is 0 Å². The van der Waals surface area contributed by atoms with E-state index in [-0.39, 0.29) is 17.1 Å². The van der Waals surface area contributed by atoms with Crippen LogP contribution in [-0.4, -0.2) is 10.9 Å². The first kappa shape index (κ1) is 14.0. The van der Waals surface area contributed by atoms with Crippen molar-refractivity contribution in [2.45, 2.75) is 34.6 Å². The van der Waals surface area contributed by atoms with Crippen LogP contribution >= 0.6 is 11.6 Å². The summed E-state index contributed by atoms with van der Waals surface area (Å²) < 4.78 is 0. The molecule has 0 amide bonds. The van der Waals surface area contributed by atoms with Crippen molar-refractivity contribution in [2.75, 3.05) is 0 Å². The molecule has 1 aromatic carbocycles. The molecular weight excluding hydrogens is 212 g/mol. The maximum absolute atomic E-state index is 11.1. The Hall–Kier alpha value is -1.02. The molecule has 15 heavy (non-hydrogen) atoms. The van der Waals surface area contributed by atoms with E-state index in [0.717, 1.165) is 5.56 Å². The average Bonchev–Trinajstić information content (AvgIpc) is 2.23. The molecule has 0 aliphatic rings. The quantitative estimate of drug-likeness (QED) is 0.741. The third-order valence-electron chi connectivity index (χ3n) is 2.18. The van der Waals surface area contributed by atoms with Crippen LogP contribution < -0.4 is 0 Å². The van der Waals surface area contributed by atoms with Gasteiger partial charge in [0, 0.05) is 5.02 Å². The largest absolute Gasteiger partial charge is 0.507 e. The standard InChI is InChI=1S/C10H11ClO2.C2H6/c1-5-6(2)10(13)8(7(3)12)4-9(5)11;1-2/h4,13H,1-3H3;1-2H3.